The molecule has 0 aliphatic heterocycles. The van der Waals surface area contributed by atoms with Gasteiger partial charge in [-0.15, -0.1) is 12.4 Å². The SMILES string of the molecule is C[C@@H](N)C(=O)NCC1CCCC(C(F)(F)F)C1.Cl. The summed E-state index contributed by atoms with van der Waals surface area (Å²) >= 11 is 0. The van der Waals surface area contributed by atoms with Crippen molar-refractivity contribution in [3.8, 4) is 0 Å². The Labute approximate surface area is 111 Å². The van der Waals surface area contributed by atoms with Crippen LogP contribution in [0.4, 0.5) is 13.2 Å². The lowest BCUT2D eigenvalue weighted by Gasteiger charge is -2.30. The summed E-state index contributed by atoms with van der Waals surface area (Å²) in [7, 11) is 0. The molecule has 0 aromatic heterocycles. The number of carbonyl (C=O) groups excluding carboxylic acids is 1. The Kier molecular flexibility index (Phi) is 6.99. The molecule has 1 saturated carbocycles. The first-order valence-corrected chi connectivity index (χ1v) is 5.90. The summed E-state index contributed by atoms with van der Waals surface area (Å²) in [6.45, 7) is 1.85. The van der Waals surface area contributed by atoms with Gasteiger partial charge in [-0.3, -0.25) is 4.79 Å². The molecular formula is C11H20ClF3N2O. The van der Waals surface area contributed by atoms with E-state index < -0.39 is 18.1 Å². The molecule has 0 heterocycles. The smallest absolute Gasteiger partial charge is 0.354 e. The zero-order chi connectivity index (χ0) is 13.1. The van der Waals surface area contributed by atoms with Crippen LogP contribution in [0.15, 0.2) is 0 Å². The first-order valence-electron chi connectivity index (χ1n) is 5.90. The molecule has 18 heavy (non-hydrogen) atoms. The van der Waals surface area contributed by atoms with Gasteiger partial charge in [0.2, 0.25) is 5.91 Å². The quantitative estimate of drug-likeness (QED) is 0.837. The lowest BCUT2D eigenvalue weighted by atomic mass is 9.81. The van der Waals surface area contributed by atoms with Crippen LogP contribution in [0.25, 0.3) is 0 Å². The fraction of sp³-hybridized carbons (Fsp3) is 0.909. The van der Waals surface area contributed by atoms with Crippen LogP contribution in [0.5, 0.6) is 0 Å². The predicted octanol–water partition coefficient (Wildman–Crippen LogP) is 2.24. The van der Waals surface area contributed by atoms with Gasteiger partial charge in [0.15, 0.2) is 0 Å². The van der Waals surface area contributed by atoms with E-state index in [-0.39, 0.29) is 37.1 Å². The highest BCUT2D eigenvalue weighted by atomic mass is 35.5. The summed E-state index contributed by atoms with van der Waals surface area (Å²) < 4.78 is 37.6. The summed E-state index contributed by atoms with van der Waals surface area (Å²) in [5.41, 5.74) is 5.36. The second kappa shape index (κ2) is 7.19. The molecule has 0 aromatic rings. The van der Waals surface area contributed by atoms with Crippen LogP contribution in [0.1, 0.15) is 32.6 Å². The van der Waals surface area contributed by atoms with Crippen molar-refractivity contribution in [2.24, 2.45) is 17.6 Å². The third-order valence-electron chi connectivity index (χ3n) is 3.22. The Balaban J connectivity index is 0.00000289. The molecule has 0 saturated heterocycles. The van der Waals surface area contributed by atoms with Crippen molar-refractivity contribution in [3.63, 3.8) is 0 Å². The Morgan fingerprint density at radius 3 is 2.56 bits per heavy atom. The van der Waals surface area contributed by atoms with E-state index in [4.69, 9.17) is 5.73 Å². The van der Waals surface area contributed by atoms with Gasteiger partial charge >= 0.3 is 6.18 Å². The number of hydrogen-bond donors (Lipinski definition) is 2. The third kappa shape index (κ3) is 5.44. The van der Waals surface area contributed by atoms with E-state index in [2.05, 4.69) is 5.32 Å². The van der Waals surface area contributed by atoms with Crippen molar-refractivity contribution in [1.29, 1.82) is 0 Å². The van der Waals surface area contributed by atoms with E-state index in [9.17, 15) is 18.0 Å². The van der Waals surface area contributed by atoms with Crippen LogP contribution >= 0.6 is 12.4 Å². The monoisotopic (exact) mass is 288 g/mol. The van der Waals surface area contributed by atoms with Gasteiger partial charge < -0.3 is 11.1 Å². The highest BCUT2D eigenvalue weighted by molar-refractivity contribution is 5.85. The Hall–Kier alpha value is -0.490. The first-order chi connectivity index (χ1) is 7.80. The van der Waals surface area contributed by atoms with E-state index in [1.165, 1.54) is 0 Å². The zero-order valence-corrected chi connectivity index (χ0v) is 11.1. The molecule has 3 N–H and O–H groups in total. The number of nitrogens with two attached hydrogens (primary N) is 1. The van der Waals surface area contributed by atoms with E-state index in [0.29, 0.717) is 13.0 Å². The molecule has 0 aromatic carbocycles. The molecule has 1 aliphatic rings. The molecule has 7 heteroatoms. The second-order valence-electron chi connectivity index (χ2n) is 4.80. The number of alkyl halides is 3. The average molecular weight is 289 g/mol. The van der Waals surface area contributed by atoms with Gasteiger partial charge in [-0.05, 0) is 32.1 Å². The topological polar surface area (TPSA) is 55.1 Å². The molecule has 3 atom stereocenters. The van der Waals surface area contributed by atoms with E-state index in [1.54, 1.807) is 6.92 Å². The third-order valence-corrected chi connectivity index (χ3v) is 3.22. The van der Waals surface area contributed by atoms with Crippen molar-refractivity contribution in [2.75, 3.05) is 6.54 Å². The predicted molar refractivity (Wildman–Crippen MR) is 65.4 cm³/mol. The largest absolute Gasteiger partial charge is 0.391 e. The van der Waals surface area contributed by atoms with Gasteiger partial charge in [-0.2, -0.15) is 13.2 Å². The molecule has 0 bridgehead atoms. The number of amides is 1. The van der Waals surface area contributed by atoms with Crippen molar-refractivity contribution in [1.82, 2.24) is 5.32 Å². The van der Waals surface area contributed by atoms with E-state index in [1.807, 2.05) is 0 Å². The highest BCUT2D eigenvalue weighted by Crippen LogP contribution is 2.39. The number of rotatable bonds is 3. The molecule has 1 amide bonds. The maximum Gasteiger partial charge on any atom is 0.391 e. The molecule has 1 fully saturated rings. The summed E-state index contributed by atoms with van der Waals surface area (Å²) in [4.78, 5) is 11.2. The average Bonchev–Trinajstić information content (AvgIpc) is 2.25. The zero-order valence-electron chi connectivity index (χ0n) is 10.3. The van der Waals surface area contributed by atoms with Crippen molar-refractivity contribution < 1.29 is 18.0 Å². The van der Waals surface area contributed by atoms with Gasteiger partial charge in [-0.1, -0.05) is 6.42 Å². The van der Waals surface area contributed by atoms with Crippen molar-refractivity contribution >= 4 is 18.3 Å². The lowest BCUT2D eigenvalue weighted by Crippen LogP contribution is -2.42. The van der Waals surface area contributed by atoms with Crippen LogP contribution in [0, 0.1) is 11.8 Å². The van der Waals surface area contributed by atoms with Crippen LogP contribution in [0.3, 0.4) is 0 Å². The van der Waals surface area contributed by atoms with Crippen molar-refractivity contribution in [2.45, 2.75) is 44.8 Å². The van der Waals surface area contributed by atoms with Gasteiger partial charge in [0.05, 0.1) is 12.0 Å². The summed E-state index contributed by atoms with van der Waals surface area (Å²) in [6, 6.07) is -0.614. The number of nitrogens with one attached hydrogen (secondary N) is 1. The van der Waals surface area contributed by atoms with E-state index >= 15 is 0 Å². The molecule has 1 rings (SSSR count). The standard InChI is InChI=1S/C11H19F3N2O.ClH/c1-7(15)10(17)16-6-8-3-2-4-9(5-8)11(12,13)14;/h7-9H,2-6,15H2,1H3,(H,16,17);1H/t7-,8?,9?;/m1./s1. The Bertz CT molecular complexity index is 272. The molecule has 0 radical (unpaired) electrons. The molecule has 0 spiro atoms. The minimum atomic E-state index is -4.11. The number of hydrogen-bond acceptors (Lipinski definition) is 2. The van der Waals surface area contributed by atoms with Crippen LogP contribution in [-0.2, 0) is 4.79 Å². The van der Waals surface area contributed by atoms with Crippen LogP contribution in [0.2, 0.25) is 0 Å². The van der Waals surface area contributed by atoms with Crippen molar-refractivity contribution in [3.05, 3.63) is 0 Å². The van der Waals surface area contributed by atoms with Crippen LogP contribution in [-0.4, -0.2) is 24.7 Å². The lowest BCUT2D eigenvalue weighted by molar-refractivity contribution is -0.185. The van der Waals surface area contributed by atoms with Crippen LogP contribution < -0.4 is 11.1 Å². The second-order valence-corrected chi connectivity index (χ2v) is 4.80. The van der Waals surface area contributed by atoms with E-state index in [0.717, 1.165) is 6.42 Å². The maximum atomic E-state index is 12.5. The molecule has 108 valence electrons. The number of halogens is 4. The Morgan fingerprint density at radius 1 is 1.44 bits per heavy atom. The van der Waals surface area contributed by atoms with Gasteiger partial charge in [0.1, 0.15) is 0 Å². The minimum Gasteiger partial charge on any atom is -0.354 e. The molecule has 3 nitrogen and oxygen atoms in total. The Morgan fingerprint density at radius 2 is 2.06 bits per heavy atom. The normalized spacial score (nSPS) is 26.1. The molecule has 1 aliphatic carbocycles. The fourth-order valence-corrected chi connectivity index (χ4v) is 2.18. The maximum absolute atomic E-state index is 12.5. The van der Waals surface area contributed by atoms with Gasteiger partial charge in [0.25, 0.3) is 0 Å². The molecule has 2 unspecified atom stereocenters. The van der Waals surface area contributed by atoms with Gasteiger partial charge in [-0.25, -0.2) is 0 Å². The minimum absolute atomic E-state index is 0. The fourth-order valence-electron chi connectivity index (χ4n) is 2.18. The highest BCUT2D eigenvalue weighted by Gasteiger charge is 2.42. The summed E-state index contributed by atoms with van der Waals surface area (Å²) in [5, 5.41) is 2.59. The summed E-state index contributed by atoms with van der Waals surface area (Å²) in [5.74, 6) is -1.61. The first kappa shape index (κ1) is 17.5. The number of carbonyl (C=O) groups is 1. The summed E-state index contributed by atoms with van der Waals surface area (Å²) in [6.07, 6.45) is -2.47. The molecular weight excluding hydrogens is 269 g/mol. The van der Waals surface area contributed by atoms with Gasteiger partial charge in [0, 0.05) is 6.54 Å².